The Bertz CT molecular complexity index is 541. The van der Waals surface area contributed by atoms with Gasteiger partial charge in [-0.3, -0.25) is 29.0 Å². The van der Waals surface area contributed by atoms with Crippen molar-refractivity contribution in [2.24, 2.45) is 0 Å². The minimum absolute atomic E-state index is 0.0770. The Morgan fingerprint density at radius 3 is 2.28 bits per heavy atom. The topological polar surface area (TPSA) is 98.8 Å². The van der Waals surface area contributed by atoms with Crippen LogP contribution in [-0.2, 0) is 19.2 Å². The average Bonchev–Trinajstić information content (AvgIpc) is 2.70. The Morgan fingerprint density at radius 1 is 1.24 bits per heavy atom. The van der Waals surface area contributed by atoms with Crippen molar-refractivity contribution in [2.45, 2.75) is 24.9 Å². The molecular formula is C16H30N5O4+. The Hall–Kier alpha value is -2.00. The van der Waals surface area contributed by atoms with E-state index >= 15 is 0 Å². The number of carbonyl (C=O) groups excluding carboxylic acids is 4. The molecule has 1 rings (SSSR count). The summed E-state index contributed by atoms with van der Waals surface area (Å²) < 4.78 is 0.790. The van der Waals surface area contributed by atoms with Crippen molar-refractivity contribution in [1.29, 1.82) is 0 Å². The van der Waals surface area contributed by atoms with Gasteiger partial charge in [0.05, 0.1) is 34.1 Å². The summed E-state index contributed by atoms with van der Waals surface area (Å²) in [5.74, 6) is -1.81. The molecule has 0 spiro atoms. The van der Waals surface area contributed by atoms with Gasteiger partial charge < -0.3 is 15.1 Å². The molecule has 0 radical (unpaired) electrons. The average molecular weight is 356 g/mol. The van der Waals surface area contributed by atoms with Gasteiger partial charge in [0.25, 0.3) is 5.91 Å². The fourth-order valence-corrected chi connectivity index (χ4v) is 2.57. The number of rotatable bonds is 8. The summed E-state index contributed by atoms with van der Waals surface area (Å²) in [6.45, 7) is 1.36. The molecule has 2 N–H and O–H groups in total. The Balaban J connectivity index is 2.60. The van der Waals surface area contributed by atoms with Crippen molar-refractivity contribution >= 4 is 23.6 Å². The summed E-state index contributed by atoms with van der Waals surface area (Å²) in [7, 11) is 10.8. The van der Waals surface area contributed by atoms with Gasteiger partial charge in [-0.05, 0) is 14.1 Å². The third-order valence-electron chi connectivity index (χ3n) is 4.02. The van der Waals surface area contributed by atoms with Crippen molar-refractivity contribution in [1.82, 2.24) is 20.4 Å². The molecule has 9 nitrogen and oxygen atoms in total. The van der Waals surface area contributed by atoms with E-state index in [4.69, 9.17) is 0 Å². The van der Waals surface area contributed by atoms with Gasteiger partial charge in [0, 0.05) is 20.0 Å². The number of quaternary nitrogens is 1. The SMILES string of the molecule is CN1C(=O)CC(NC(=O)C(C(=O)NCCC[N+](C)(C)C)N(C)C)C1=O. The maximum Gasteiger partial charge on any atom is 0.252 e. The summed E-state index contributed by atoms with van der Waals surface area (Å²) >= 11 is 0. The maximum atomic E-state index is 12.4. The quantitative estimate of drug-likeness (QED) is 0.227. The van der Waals surface area contributed by atoms with Gasteiger partial charge >= 0.3 is 0 Å². The number of hydrogen-bond acceptors (Lipinski definition) is 5. The second-order valence-electron chi connectivity index (χ2n) is 7.58. The molecule has 25 heavy (non-hydrogen) atoms. The standard InChI is InChI=1S/C16H29N5O4/c1-19(2)13(14(23)17-8-7-9-21(4,5)6)15(24)18-11-10-12(22)20(3)16(11)25/h11,13H,7-10H2,1-6H3,(H-,17,18,23,24)/p+1. The lowest BCUT2D eigenvalue weighted by Crippen LogP contribution is -2.56. The normalized spacial score (nSPS) is 19.3. The van der Waals surface area contributed by atoms with Crippen LogP contribution in [0.3, 0.4) is 0 Å². The molecule has 1 aliphatic rings. The second kappa shape index (κ2) is 8.39. The first-order valence-corrected chi connectivity index (χ1v) is 8.29. The van der Waals surface area contributed by atoms with Crippen molar-refractivity contribution in [3.8, 4) is 0 Å². The van der Waals surface area contributed by atoms with E-state index in [2.05, 4.69) is 31.8 Å². The molecule has 2 atom stereocenters. The van der Waals surface area contributed by atoms with Crippen LogP contribution in [0.15, 0.2) is 0 Å². The molecule has 1 heterocycles. The minimum atomic E-state index is -1.06. The highest BCUT2D eigenvalue weighted by Gasteiger charge is 2.39. The van der Waals surface area contributed by atoms with E-state index in [0.717, 1.165) is 22.3 Å². The fraction of sp³-hybridized carbons (Fsp3) is 0.750. The summed E-state index contributed by atoms with van der Waals surface area (Å²) in [5, 5.41) is 5.27. The molecule has 9 heteroatoms. The van der Waals surface area contributed by atoms with Crippen LogP contribution in [0.4, 0.5) is 0 Å². The Kier molecular flexibility index (Phi) is 7.06. The molecule has 0 aromatic heterocycles. The molecule has 0 aromatic rings. The zero-order chi connectivity index (χ0) is 19.4. The number of hydrogen-bond donors (Lipinski definition) is 2. The van der Waals surface area contributed by atoms with Crippen molar-refractivity contribution in [2.75, 3.05) is 55.4 Å². The Morgan fingerprint density at radius 2 is 1.84 bits per heavy atom. The number of amides is 4. The predicted molar refractivity (Wildman–Crippen MR) is 92.3 cm³/mol. The number of carbonyl (C=O) groups is 4. The van der Waals surface area contributed by atoms with E-state index in [-0.39, 0.29) is 12.3 Å². The molecule has 0 aliphatic carbocycles. The summed E-state index contributed by atoms with van der Waals surface area (Å²) in [4.78, 5) is 50.7. The number of likely N-dealkylation sites (N-methyl/N-ethyl adjacent to an activating group) is 2. The lowest BCUT2D eigenvalue weighted by molar-refractivity contribution is -0.870. The van der Waals surface area contributed by atoms with Crippen LogP contribution in [0.1, 0.15) is 12.8 Å². The highest BCUT2D eigenvalue weighted by atomic mass is 16.2. The van der Waals surface area contributed by atoms with Crippen molar-refractivity contribution in [3.63, 3.8) is 0 Å². The van der Waals surface area contributed by atoms with Gasteiger partial charge in [0.2, 0.25) is 17.7 Å². The monoisotopic (exact) mass is 356 g/mol. The summed E-state index contributed by atoms with van der Waals surface area (Å²) in [5.41, 5.74) is 0. The molecular weight excluding hydrogens is 326 g/mol. The number of nitrogens with one attached hydrogen (secondary N) is 2. The van der Waals surface area contributed by atoms with Gasteiger partial charge in [-0.15, -0.1) is 0 Å². The fourth-order valence-electron chi connectivity index (χ4n) is 2.57. The van der Waals surface area contributed by atoms with Crippen LogP contribution in [0.25, 0.3) is 0 Å². The molecule has 142 valence electrons. The molecule has 0 aromatic carbocycles. The third kappa shape index (κ3) is 6.09. The smallest absolute Gasteiger partial charge is 0.252 e. The van der Waals surface area contributed by atoms with Crippen LogP contribution in [0.2, 0.25) is 0 Å². The van der Waals surface area contributed by atoms with E-state index in [1.807, 2.05) is 0 Å². The molecule has 1 fully saturated rings. The van der Waals surface area contributed by atoms with Gasteiger partial charge in [-0.2, -0.15) is 0 Å². The number of nitrogens with zero attached hydrogens (tertiary/aromatic N) is 3. The first-order chi connectivity index (χ1) is 11.4. The second-order valence-corrected chi connectivity index (χ2v) is 7.58. The third-order valence-corrected chi connectivity index (χ3v) is 4.02. The Labute approximate surface area is 148 Å². The van der Waals surface area contributed by atoms with E-state index < -0.39 is 29.8 Å². The molecule has 0 saturated carbocycles. The van der Waals surface area contributed by atoms with Crippen LogP contribution in [-0.4, -0.2) is 105 Å². The van der Waals surface area contributed by atoms with Gasteiger partial charge in [0.1, 0.15) is 6.04 Å². The first kappa shape index (κ1) is 21.0. The predicted octanol–water partition coefficient (Wildman–Crippen LogP) is -2.00. The highest BCUT2D eigenvalue weighted by molar-refractivity contribution is 6.09. The van der Waals surface area contributed by atoms with Crippen LogP contribution < -0.4 is 10.6 Å². The van der Waals surface area contributed by atoms with E-state index in [1.165, 1.54) is 11.9 Å². The van der Waals surface area contributed by atoms with Crippen LogP contribution in [0, 0.1) is 0 Å². The number of imide groups is 1. The lowest BCUT2D eigenvalue weighted by atomic mass is 10.2. The zero-order valence-electron chi connectivity index (χ0n) is 16.0. The zero-order valence-corrected chi connectivity index (χ0v) is 16.0. The van der Waals surface area contributed by atoms with E-state index in [1.54, 1.807) is 14.1 Å². The molecule has 1 saturated heterocycles. The maximum absolute atomic E-state index is 12.4. The van der Waals surface area contributed by atoms with E-state index in [0.29, 0.717) is 6.54 Å². The summed E-state index contributed by atoms with van der Waals surface area (Å²) in [6, 6.07) is -1.96. The van der Waals surface area contributed by atoms with Crippen LogP contribution >= 0.6 is 0 Å². The van der Waals surface area contributed by atoms with Gasteiger partial charge in [-0.25, -0.2) is 0 Å². The van der Waals surface area contributed by atoms with Crippen LogP contribution in [0.5, 0.6) is 0 Å². The van der Waals surface area contributed by atoms with Gasteiger partial charge in [0.15, 0.2) is 6.04 Å². The van der Waals surface area contributed by atoms with Crippen molar-refractivity contribution < 1.29 is 23.7 Å². The van der Waals surface area contributed by atoms with Crippen molar-refractivity contribution in [3.05, 3.63) is 0 Å². The lowest BCUT2D eigenvalue weighted by Gasteiger charge is -2.25. The highest BCUT2D eigenvalue weighted by Crippen LogP contribution is 2.11. The van der Waals surface area contributed by atoms with Gasteiger partial charge in [-0.1, -0.05) is 0 Å². The molecule has 0 bridgehead atoms. The van der Waals surface area contributed by atoms with E-state index in [9.17, 15) is 19.2 Å². The number of likely N-dealkylation sites (tertiary alicyclic amines) is 1. The largest absolute Gasteiger partial charge is 0.354 e. The molecule has 2 unspecified atom stereocenters. The first-order valence-electron chi connectivity index (χ1n) is 8.29. The molecule has 1 aliphatic heterocycles. The molecule has 4 amide bonds. The summed E-state index contributed by atoms with van der Waals surface area (Å²) in [6.07, 6.45) is 0.712. The minimum Gasteiger partial charge on any atom is -0.354 e.